The highest BCUT2D eigenvalue weighted by molar-refractivity contribution is 6.06. The quantitative estimate of drug-likeness (QED) is 0.163. The van der Waals surface area contributed by atoms with Crippen LogP contribution >= 0.6 is 0 Å². The SMILES string of the molecule is CCOc1ccn(-c2ccc(F)cc2)c(=O)c1C(=O)Nc1ccc(Oc2ncnc3oc(-c4cnn(C)c4)c(-c4cccc(N)c4)c23)cc1. The number of nitrogen functional groups attached to an aromatic ring is 1. The third kappa shape index (κ3) is 6.07. The standard InChI is InChI=1S/C36H28FN7O5/c1-3-47-28-15-16-44(26-11-7-23(37)8-12-26)36(46)30(28)33(45)42-25-9-13-27(14-10-25)48-34-31-29(21-5-4-6-24(38)17-21)32(22-18-41-43(2)19-22)49-35(31)40-20-39-34/h4-20H,3,38H2,1-2H3,(H,42,45). The molecule has 4 heterocycles. The summed E-state index contributed by atoms with van der Waals surface area (Å²) in [7, 11) is 1.81. The van der Waals surface area contributed by atoms with Gasteiger partial charge in [0.1, 0.15) is 40.4 Å². The van der Waals surface area contributed by atoms with Crippen LogP contribution in [0, 0.1) is 5.82 Å². The molecule has 3 aromatic carbocycles. The molecule has 7 rings (SSSR count). The van der Waals surface area contributed by atoms with Gasteiger partial charge in [0.25, 0.3) is 11.5 Å². The van der Waals surface area contributed by atoms with E-state index in [0.29, 0.717) is 45.2 Å². The topological polar surface area (TPSA) is 152 Å². The summed E-state index contributed by atoms with van der Waals surface area (Å²) in [5.41, 5.74) is 9.20. The average Bonchev–Trinajstić information content (AvgIpc) is 3.70. The number of fused-ring (bicyclic) bond motifs is 1. The summed E-state index contributed by atoms with van der Waals surface area (Å²) in [5, 5.41) is 7.58. The first-order valence-electron chi connectivity index (χ1n) is 15.1. The minimum absolute atomic E-state index is 0.123. The molecule has 0 unspecified atom stereocenters. The van der Waals surface area contributed by atoms with E-state index in [1.54, 1.807) is 48.1 Å². The minimum Gasteiger partial charge on any atom is -0.493 e. The fraction of sp³-hybridized carbons (Fsp3) is 0.0833. The van der Waals surface area contributed by atoms with Crippen LogP contribution < -0.4 is 26.1 Å². The molecule has 0 bridgehead atoms. The van der Waals surface area contributed by atoms with Crippen LogP contribution in [0.25, 0.3) is 39.2 Å². The van der Waals surface area contributed by atoms with Gasteiger partial charge in [-0.1, -0.05) is 12.1 Å². The number of aromatic nitrogens is 5. The van der Waals surface area contributed by atoms with Gasteiger partial charge in [0.2, 0.25) is 11.6 Å². The number of ether oxygens (including phenoxy) is 2. The van der Waals surface area contributed by atoms with Crippen LogP contribution in [0.5, 0.6) is 17.4 Å². The third-order valence-corrected chi connectivity index (χ3v) is 7.61. The van der Waals surface area contributed by atoms with Crippen molar-refractivity contribution >= 4 is 28.4 Å². The van der Waals surface area contributed by atoms with Gasteiger partial charge in [0, 0.05) is 42.1 Å². The number of pyridine rings is 1. The number of carbonyl (C=O) groups is 1. The van der Waals surface area contributed by atoms with Crippen LogP contribution in [0.3, 0.4) is 0 Å². The monoisotopic (exact) mass is 657 g/mol. The lowest BCUT2D eigenvalue weighted by Crippen LogP contribution is -2.29. The summed E-state index contributed by atoms with van der Waals surface area (Å²) in [5.74, 6) is 0.183. The number of rotatable bonds is 9. The van der Waals surface area contributed by atoms with Crippen molar-refractivity contribution in [3.05, 3.63) is 126 Å². The highest BCUT2D eigenvalue weighted by Crippen LogP contribution is 2.44. The van der Waals surface area contributed by atoms with E-state index in [-0.39, 0.29) is 23.8 Å². The summed E-state index contributed by atoms with van der Waals surface area (Å²) in [6.45, 7) is 1.99. The Morgan fingerprint density at radius 1 is 1.02 bits per heavy atom. The van der Waals surface area contributed by atoms with Gasteiger partial charge in [-0.15, -0.1) is 0 Å². The molecule has 0 radical (unpaired) electrons. The molecule has 13 heteroatoms. The Hall–Kier alpha value is -6.76. The fourth-order valence-electron chi connectivity index (χ4n) is 5.42. The van der Waals surface area contributed by atoms with E-state index in [4.69, 9.17) is 19.6 Å². The lowest BCUT2D eigenvalue weighted by atomic mass is 10.0. The molecular weight excluding hydrogens is 629 g/mol. The Morgan fingerprint density at radius 2 is 1.82 bits per heavy atom. The van der Waals surface area contributed by atoms with Crippen LogP contribution in [0.1, 0.15) is 17.3 Å². The Bertz CT molecular complexity index is 2380. The molecule has 4 aromatic heterocycles. The van der Waals surface area contributed by atoms with Crippen LogP contribution in [0.15, 0.2) is 113 Å². The molecule has 0 aliphatic rings. The van der Waals surface area contributed by atoms with Gasteiger partial charge in [-0.2, -0.15) is 5.10 Å². The van der Waals surface area contributed by atoms with E-state index in [0.717, 1.165) is 11.1 Å². The molecule has 1 amide bonds. The average molecular weight is 658 g/mol. The minimum atomic E-state index is -0.677. The zero-order valence-corrected chi connectivity index (χ0v) is 26.3. The Labute approximate surface area is 278 Å². The largest absolute Gasteiger partial charge is 0.493 e. The van der Waals surface area contributed by atoms with Crippen molar-refractivity contribution in [1.29, 1.82) is 0 Å². The number of aryl methyl sites for hydroxylation is 1. The summed E-state index contributed by atoms with van der Waals surface area (Å²) >= 11 is 0. The number of carbonyl (C=O) groups excluding carboxylic acids is 1. The molecule has 49 heavy (non-hydrogen) atoms. The maximum Gasteiger partial charge on any atom is 0.271 e. The van der Waals surface area contributed by atoms with Crippen molar-refractivity contribution in [1.82, 2.24) is 24.3 Å². The van der Waals surface area contributed by atoms with Gasteiger partial charge in [-0.25, -0.2) is 14.4 Å². The molecular formula is C36H28FN7O5. The Morgan fingerprint density at radius 3 is 2.53 bits per heavy atom. The summed E-state index contributed by atoms with van der Waals surface area (Å²) in [6, 6.07) is 20.8. The Kier molecular flexibility index (Phi) is 8.06. The molecule has 0 saturated carbocycles. The number of amides is 1. The predicted molar refractivity (Wildman–Crippen MR) is 181 cm³/mol. The van der Waals surface area contributed by atoms with Gasteiger partial charge < -0.3 is 24.9 Å². The summed E-state index contributed by atoms with van der Waals surface area (Å²) in [6.07, 6.45) is 6.35. The van der Waals surface area contributed by atoms with Crippen molar-refractivity contribution in [2.75, 3.05) is 17.7 Å². The summed E-state index contributed by atoms with van der Waals surface area (Å²) in [4.78, 5) is 35.7. The second kappa shape index (κ2) is 12.8. The van der Waals surface area contributed by atoms with Gasteiger partial charge in [-0.3, -0.25) is 18.8 Å². The molecule has 7 aromatic rings. The smallest absolute Gasteiger partial charge is 0.271 e. The lowest BCUT2D eigenvalue weighted by Gasteiger charge is -2.14. The number of halogens is 1. The van der Waals surface area contributed by atoms with Gasteiger partial charge in [-0.05, 0) is 79.2 Å². The number of furan rings is 1. The van der Waals surface area contributed by atoms with Crippen molar-refractivity contribution in [2.24, 2.45) is 7.05 Å². The molecule has 3 N–H and O–H groups in total. The van der Waals surface area contributed by atoms with Crippen LogP contribution in [0.2, 0.25) is 0 Å². The van der Waals surface area contributed by atoms with Crippen LogP contribution in [0.4, 0.5) is 15.8 Å². The molecule has 0 fully saturated rings. The van der Waals surface area contributed by atoms with E-state index in [1.165, 1.54) is 47.4 Å². The molecule has 0 atom stereocenters. The number of hydrogen-bond donors (Lipinski definition) is 2. The Balaban J connectivity index is 1.20. The number of hydrogen-bond acceptors (Lipinski definition) is 9. The third-order valence-electron chi connectivity index (χ3n) is 7.61. The fourth-order valence-corrected chi connectivity index (χ4v) is 5.42. The zero-order valence-electron chi connectivity index (χ0n) is 26.3. The molecule has 0 aliphatic heterocycles. The van der Waals surface area contributed by atoms with Crippen molar-refractivity contribution in [2.45, 2.75) is 6.92 Å². The van der Waals surface area contributed by atoms with Crippen LogP contribution in [-0.4, -0.2) is 36.8 Å². The van der Waals surface area contributed by atoms with Crippen LogP contribution in [-0.2, 0) is 7.05 Å². The molecule has 0 spiro atoms. The van der Waals surface area contributed by atoms with Crippen molar-refractivity contribution in [3.8, 4) is 45.5 Å². The molecule has 244 valence electrons. The normalized spacial score (nSPS) is 11.1. The molecule has 0 saturated heterocycles. The van der Waals surface area contributed by atoms with Crippen molar-refractivity contribution in [3.63, 3.8) is 0 Å². The second-order valence-electron chi connectivity index (χ2n) is 10.9. The highest BCUT2D eigenvalue weighted by atomic mass is 19.1. The number of anilines is 2. The van der Waals surface area contributed by atoms with E-state index in [2.05, 4.69) is 20.4 Å². The van der Waals surface area contributed by atoms with E-state index >= 15 is 0 Å². The first-order valence-corrected chi connectivity index (χ1v) is 15.1. The second-order valence-corrected chi connectivity index (χ2v) is 10.9. The number of benzene rings is 3. The van der Waals surface area contributed by atoms with Gasteiger partial charge >= 0.3 is 0 Å². The highest BCUT2D eigenvalue weighted by Gasteiger charge is 2.25. The van der Waals surface area contributed by atoms with E-state index in [9.17, 15) is 14.0 Å². The molecule has 0 aliphatic carbocycles. The number of nitrogens with one attached hydrogen (secondary N) is 1. The first kappa shape index (κ1) is 30.9. The first-order chi connectivity index (χ1) is 23.8. The maximum atomic E-state index is 13.5. The van der Waals surface area contributed by atoms with Gasteiger partial charge in [0.05, 0.1) is 18.4 Å². The predicted octanol–water partition coefficient (Wildman–Crippen LogP) is 6.61. The summed E-state index contributed by atoms with van der Waals surface area (Å²) < 4.78 is 34.5. The van der Waals surface area contributed by atoms with E-state index in [1.807, 2.05) is 31.4 Å². The lowest BCUT2D eigenvalue weighted by molar-refractivity contribution is 0.102. The molecule has 12 nitrogen and oxygen atoms in total. The number of nitrogens with zero attached hydrogens (tertiary/aromatic N) is 5. The van der Waals surface area contributed by atoms with E-state index < -0.39 is 17.3 Å². The number of nitrogens with two attached hydrogens (primary N) is 1. The van der Waals surface area contributed by atoms with Crippen molar-refractivity contribution < 1.29 is 23.1 Å². The van der Waals surface area contributed by atoms with Gasteiger partial charge in [0.15, 0.2) is 0 Å². The maximum absolute atomic E-state index is 13.5. The zero-order chi connectivity index (χ0) is 34.1.